The van der Waals surface area contributed by atoms with Crippen LogP contribution in [0.4, 0.5) is 0 Å². The summed E-state index contributed by atoms with van der Waals surface area (Å²) in [5, 5.41) is 0. The van der Waals surface area contributed by atoms with Gasteiger partial charge in [-0.3, -0.25) is 14.5 Å². The molecule has 2 aliphatic heterocycles. The third-order valence-corrected chi connectivity index (χ3v) is 5.59. The number of hydrogen-bond acceptors (Lipinski definition) is 4. The van der Waals surface area contributed by atoms with Crippen molar-refractivity contribution in [1.82, 2.24) is 9.80 Å². The first-order valence-corrected chi connectivity index (χ1v) is 10.2. The van der Waals surface area contributed by atoms with Gasteiger partial charge in [-0.2, -0.15) is 0 Å². The van der Waals surface area contributed by atoms with Crippen LogP contribution >= 0.6 is 0 Å². The zero-order valence-corrected chi connectivity index (χ0v) is 16.5. The number of primary amides is 1. The molecule has 2 aliphatic rings. The maximum Gasteiger partial charge on any atom is 0.237 e. The van der Waals surface area contributed by atoms with Crippen molar-refractivity contribution in [3.8, 4) is 0 Å². The van der Waals surface area contributed by atoms with E-state index in [0.717, 1.165) is 50.9 Å². The highest BCUT2D eigenvalue weighted by Gasteiger charge is 2.27. The first kappa shape index (κ1) is 20.6. The molecule has 0 aliphatic carbocycles. The summed E-state index contributed by atoms with van der Waals surface area (Å²) in [5.74, 6) is -0.161. The van der Waals surface area contributed by atoms with E-state index in [4.69, 9.17) is 10.5 Å². The third kappa shape index (κ3) is 6.17. The van der Waals surface area contributed by atoms with E-state index in [9.17, 15) is 9.59 Å². The summed E-state index contributed by atoms with van der Waals surface area (Å²) in [6.45, 7) is 3.87. The molecule has 6 heteroatoms. The molecule has 0 saturated carbocycles. The molecular formula is C22H31N3O3. The number of nitrogens with zero attached hydrogens (tertiary/aromatic N) is 2. The number of piperidine rings is 1. The van der Waals surface area contributed by atoms with Crippen LogP contribution in [-0.2, 0) is 14.3 Å². The van der Waals surface area contributed by atoms with Gasteiger partial charge in [0.05, 0.1) is 12.6 Å². The van der Waals surface area contributed by atoms with Crippen LogP contribution in [0, 0.1) is 5.92 Å². The van der Waals surface area contributed by atoms with Crippen LogP contribution in [0.1, 0.15) is 31.2 Å². The molecule has 2 fully saturated rings. The number of likely N-dealkylation sites (tertiary alicyclic amines) is 1. The maximum absolute atomic E-state index is 13.0. The lowest BCUT2D eigenvalue weighted by Crippen LogP contribution is -2.46. The SMILES string of the molecule is NC(=O)C1CCN(CC(=O)N(C/C=C/c2ccccc2)CC2CCCO2)CC1. The van der Waals surface area contributed by atoms with E-state index < -0.39 is 0 Å². The van der Waals surface area contributed by atoms with Crippen LogP contribution in [0.3, 0.4) is 0 Å². The Morgan fingerprint density at radius 1 is 1.18 bits per heavy atom. The van der Waals surface area contributed by atoms with Gasteiger partial charge in [0, 0.05) is 25.6 Å². The average molecular weight is 386 g/mol. The summed E-state index contributed by atoms with van der Waals surface area (Å²) in [5.41, 5.74) is 6.53. The van der Waals surface area contributed by atoms with Crippen LogP contribution in [0.15, 0.2) is 36.4 Å². The molecule has 1 aromatic carbocycles. The summed E-state index contributed by atoms with van der Waals surface area (Å²) >= 11 is 0. The van der Waals surface area contributed by atoms with Crippen molar-refractivity contribution >= 4 is 17.9 Å². The Kier molecular flexibility index (Phi) is 7.62. The predicted octanol–water partition coefficient (Wildman–Crippen LogP) is 1.90. The largest absolute Gasteiger partial charge is 0.376 e. The zero-order valence-electron chi connectivity index (χ0n) is 16.5. The number of carbonyl (C=O) groups is 2. The van der Waals surface area contributed by atoms with E-state index in [0.29, 0.717) is 19.6 Å². The highest BCUT2D eigenvalue weighted by molar-refractivity contribution is 5.79. The van der Waals surface area contributed by atoms with Crippen molar-refractivity contribution in [1.29, 1.82) is 0 Å². The molecule has 2 amide bonds. The third-order valence-electron chi connectivity index (χ3n) is 5.59. The molecule has 0 bridgehead atoms. The van der Waals surface area contributed by atoms with Crippen LogP contribution in [0.2, 0.25) is 0 Å². The summed E-state index contributed by atoms with van der Waals surface area (Å²) in [4.78, 5) is 28.3. The number of hydrogen-bond donors (Lipinski definition) is 1. The Bertz CT molecular complexity index is 663. The molecule has 1 atom stereocenters. The minimum Gasteiger partial charge on any atom is -0.376 e. The van der Waals surface area contributed by atoms with Crippen LogP contribution in [0.25, 0.3) is 6.08 Å². The molecule has 1 unspecified atom stereocenters. The first-order chi connectivity index (χ1) is 13.6. The quantitative estimate of drug-likeness (QED) is 0.742. The monoisotopic (exact) mass is 385 g/mol. The fourth-order valence-electron chi connectivity index (χ4n) is 3.86. The highest BCUT2D eigenvalue weighted by atomic mass is 16.5. The van der Waals surface area contributed by atoms with Crippen molar-refractivity contribution in [2.45, 2.75) is 31.8 Å². The topological polar surface area (TPSA) is 75.9 Å². The van der Waals surface area contributed by atoms with Gasteiger partial charge in [0.15, 0.2) is 0 Å². The molecular weight excluding hydrogens is 354 g/mol. The van der Waals surface area contributed by atoms with Gasteiger partial charge in [-0.15, -0.1) is 0 Å². The Balaban J connectivity index is 1.55. The van der Waals surface area contributed by atoms with Gasteiger partial charge in [0.25, 0.3) is 0 Å². The lowest BCUT2D eigenvalue weighted by Gasteiger charge is -2.32. The van der Waals surface area contributed by atoms with Gasteiger partial charge in [0.2, 0.25) is 11.8 Å². The van der Waals surface area contributed by atoms with Crippen LogP contribution in [0.5, 0.6) is 0 Å². The molecule has 0 radical (unpaired) electrons. The normalized spacial score (nSPS) is 21.2. The zero-order chi connectivity index (χ0) is 19.8. The Labute approximate surface area is 167 Å². The van der Waals surface area contributed by atoms with Gasteiger partial charge in [-0.05, 0) is 44.3 Å². The lowest BCUT2D eigenvalue weighted by atomic mass is 9.96. The smallest absolute Gasteiger partial charge is 0.237 e. The van der Waals surface area contributed by atoms with E-state index in [1.54, 1.807) is 0 Å². The van der Waals surface area contributed by atoms with Crippen molar-refractivity contribution in [2.24, 2.45) is 11.7 Å². The first-order valence-electron chi connectivity index (χ1n) is 10.2. The molecule has 2 heterocycles. The van der Waals surface area contributed by atoms with E-state index in [1.165, 1.54) is 0 Å². The number of carbonyl (C=O) groups excluding carboxylic acids is 2. The van der Waals surface area contributed by atoms with Crippen molar-refractivity contribution in [3.05, 3.63) is 42.0 Å². The molecule has 3 rings (SSSR count). The summed E-state index contributed by atoms with van der Waals surface area (Å²) in [6, 6.07) is 10.1. The molecule has 1 aromatic rings. The van der Waals surface area contributed by atoms with E-state index >= 15 is 0 Å². The number of nitrogens with two attached hydrogens (primary N) is 1. The van der Waals surface area contributed by atoms with Crippen molar-refractivity contribution < 1.29 is 14.3 Å². The van der Waals surface area contributed by atoms with Crippen LogP contribution < -0.4 is 5.73 Å². The summed E-state index contributed by atoms with van der Waals surface area (Å²) in [6.07, 6.45) is 7.78. The number of rotatable bonds is 8. The molecule has 0 spiro atoms. The number of amides is 2. The molecule has 6 nitrogen and oxygen atoms in total. The highest BCUT2D eigenvalue weighted by Crippen LogP contribution is 2.18. The van der Waals surface area contributed by atoms with Gasteiger partial charge in [0.1, 0.15) is 0 Å². The summed E-state index contributed by atoms with van der Waals surface area (Å²) < 4.78 is 5.75. The van der Waals surface area contributed by atoms with E-state index in [1.807, 2.05) is 47.4 Å². The second kappa shape index (κ2) is 10.4. The van der Waals surface area contributed by atoms with Crippen molar-refractivity contribution in [3.63, 3.8) is 0 Å². The minimum absolute atomic E-state index is 0.0526. The maximum atomic E-state index is 13.0. The van der Waals surface area contributed by atoms with Gasteiger partial charge >= 0.3 is 0 Å². The van der Waals surface area contributed by atoms with Gasteiger partial charge < -0.3 is 15.4 Å². The molecule has 28 heavy (non-hydrogen) atoms. The van der Waals surface area contributed by atoms with Crippen molar-refractivity contribution in [2.75, 3.05) is 39.3 Å². The number of benzene rings is 1. The second-order valence-electron chi connectivity index (χ2n) is 7.70. The Morgan fingerprint density at radius 3 is 2.57 bits per heavy atom. The van der Waals surface area contributed by atoms with Crippen LogP contribution in [-0.4, -0.2) is 67.0 Å². The number of ether oxygens (including phenoxy) is 1. The molecule has 152 valence electrons. The minimum atomic E-state index is -0.225. The molecule has 0 aromatic heterocycles. The fourth-order valence-corrected chi connectivity index (χ4v) is 3.86. The molecule has 2 saturated heterocycles. The van der Waals surface area contributed by atoms with Gasteiger partial charge in [-0.1, -0.05) is 42.5 Å². The van der Waals surface area contributed by atoms with E-state index in [2.05, 4.69) is 4.90 Å². The second-order valence-corrected chi connectivity index (χ2v) is 7.70. The fraction of sp³-hybridized carbons (Fsp3) is 0.545. The Morgan fingerprint density at radius 2 is 1.93 bits per heavy atom. The van der Waals surface area contributed by atoms with Gasteiger partial charge in [-0.25, -0.2) is 0 Å². The molecule has 2 N–H and O–H groups in total. The summed E-state index contributed by atoms with van der Waals surface area (Å²) in [7, 11) is 0. The lowest BCUT2D eigenvalue weighted by molar-refractivity contribution is -0.133. The Hall–Kier alpha value is -2.18. The standard InChI is InChI=1S/C22H31N3O3/c23-22(27)19-10-13-24(14-11-19)17-21(26)25(16-20-9-5-15-28-20)12-4-8-18-6-2-1-3-7-18/h1-4,6-8,19-20H,5,9-17H2,(H2,23,27)/b8-4+. The predicted molar refractivity (Wildman–Crippen MR) is 109 cm³/mol. The van der Waals surface area contributed by atoms with E-state index in [-0.39, 0.29) is 23.8 Å². The average Bonchev–Trinajstić information content (AvgIpc) is 3.21.